The molecule has 3 heterocycles. The largest absolute Gasteiger partial charge is 0.375 e. The summed E-state index contributed by atoms with van der Waals surface area (Å²) in [6.45, 7) is 1.94. The number of aromatic nitrogens is 3. The molecule has 0 amide bonds. The number of nitrogen functional groups attached to an aromatic ring is 1. The SMILES string of the molecule is Cc1nc(N)sc1SCc1nc(-c2cccs2)no1. The molecule has 3 rings (SSSR count). The average molecular weight is 310 g/mol. The molecule has 8 heteroatoms. The van der Waals surface area contributed by atoms with Crippen molar-refractivity contribution in [2.24, 2.45) is 0 Å². The molecular formula is C11H10N4OS3. The van der Waals surface area contributed by atoms with E-state index in [-0.39, 0.29) is 0 Å². The van der Waals surface area contributed by atoms with Gasteiger partial charge >= 0.3 is 0 Å². The smallest absolute Gasteiger partial charge is 0.237 e. The van der Waals surface area contributed by atoms with Crippen LogP contribution in [-0.4, -0.2) is 15.1 Å². The molecule has 0 unspecified atom stereocenters. The molecule has 98 valence electrons. The van der Waals surface area contributed by atoms with Gasteiger partial charge in [0.2, 0.25) is 11.7 Å². The monoisotopic (exact) mass is 310 g/mol. The topological polar surface area (TPSA) is 77.8 Å². The molecule has 3 aromatic rings. The van der Waals surface area contributed by atoms with E-state index in [0.717, 1.165) is 14.8 Å². The van der Waals surface area contributed by atoms with Gasteiger partial charge in [0, 0.05) is 0 Å². The Morgan fingerprint density at radius 2 is 2.32 bits per heavy atom. The number of hydrogen-bond donors (Lipinski definition) is 1. The molecule has 0 aliphatic heterocycles. The van der Waals surface area contributed by atoms with Crippen LogP contribution in [0.1, 0.15) is 11.6 Å². The lowest BCUT2D eigenvalue weighted by Crippen LogP contribution is -1.82. The second-order valence-electron chi connectivity index (χ2n) is 3.70. The fourth-order valence-corrected chi connectivity index (χ4v) is 3.99. The first-order chi connectivity index (χ1) is 9.22. The minimum absolute atomic E-state index is 0.588. The lowest BCUT2D eigenvalue weighted by molar-refractivity contribution is 0.392. The van der Waals surface area contributed by atoms with E-state index in [2.05, 4.69) is 15.1 Å². The molecule has 3 aromatic heterocycles. The molecule has 0 fully saturated rings. The molecular weight excluding hydrogens is 300 g/mol. The number of rotatable bonds is 4. The van der Waals surface area contributed by atoms with Crippen LogP contribution in [0.2, 0.25) is 0 Å². The summed E-state index contributed by atoms with van der Waals surface area (Å²) in [5, 5.41) is 6.55. The Hall–Kier alpha value is -1.38. The third-order valence-corrected chi connectivity index (χ3v) is 5.51. The zero-order chi connectivity index (χ0) is 13.2. The molecule has 0 saturated carbocycles. The molecule has 0 spiro atoms. The summed E-state index contributed by atoms with van der Waals surface area (Å²) in [7, 11) is 0. The fraction of sp³-hybridized carbons (Fsp3) is 0.182. The summed E-state index contributed by atoms with van der Waals surface area (Å²) >= 11 is 4.69. The number of thiophene rings is 1. The van der Waals surface area contributed by atoms with Crippen LogP contribution in [0, 0.1) is 6.92 Å². The van der Waals surface area contributed by atoms with E-state index in [1.165, 1.54) is 11.3 Å². The van der Waals surface area contributed by atoms with Crippen LogP contribution in [-0.2, 0) is 5.75 Å². The van der Waals surface area contributed by atoms with Gasteiger partial charge in [0.25, 0.3) is 0 Å². The molecule has 0 aromatic carbocycles. The lowest BCUT2D eigenvalue weighted by Gasteiger charge is -1.93. The van der Waals surface area contributed by atoms with Crippen LogP contribution >= 0.6 is 34.4 Å². The predicted octanol–water partition coefficient (Wildman–Crippen LogP) is 3.44. The Morgan fingerprint density at radius 3 is 3.00 bits per heavy atom. The Bertz CT molecular complexity index is 674. The van der Waals surface area contributed by atoms with Crippen molar-refractivity contribution in [2.45, 2.75) is 16.9 Å². The Morgan fingerprint density at radius 1 is 1.42 bits per heavy atom. The van der Waals surface area contributed by atoms with Crippen LogP contribution in [0.5, 0.6) is 0 Å². The summed E-state index contributed by atoms with van der Waals surface area (Å²) in [5.74, 6) is 1.88. The zero-order valence-electron chi connectivity index (χ0n) is 9.99. The van der Waals surface area contributed by atoms with E-state index in [1.807, 2.05) is 24.4 Å². The summed E-state index contributed by atoms with van der Waals surface area (Å²) in [5.41, 5.74) is 6.61. The molecule has 0 radical (unpaired) electrons. The Labute approximate surface area is 121 Å². The minimum Gasteiger partial charge on any atom is -0.375 e. The third-order valence-electron chi connectivity index (χ3n) is 2.31. The number of thiazole rings is 1. The van der Waals surface area contributed by atoms with E-state index in [9.17, 15) is 0 Å². The number of hydrogen-bond acceptors (Lipinski definition) is 8. The highest BCUT2D eigenvalue weighted by molar-refractivity contribution is 8.00. The summed E-state index contributed by atoms with van der Waals surface area (Å²) < 4.78 is 6.33. The van der Waals surface area contributed by atoms with E-state index in [1.54, 1.807) is 23.1 Å². The average Bonchev–Trinajstić information content (AvgIpc) is 3.07. The summed E-state index contributed by atoms with van der Waals surface area (Å²) in [4.78, 5) is 9.56. The second kappa shape index (κ2) is 5.32. The molecule has 2 N–H and O–H groups in total. The van der Waals surface area contributed by atoms with Crippen molar-refractivity contribution in [3.8, 4) is 10.7 Å². The number of aryl methyl sites for hydroxylation is 1. The maximum Gasteiger partial charge on any atom is 0.237 e. The number of nitrogens with two attached hydrogens (primary N) is 1. The molecule has 5 nitrogen and oxygen atoms in total. The van der Waals surface area contributed by atoms with Gasteiger partial charge in [-0.05, 0) is 18.4 Å². The van der Waals surface area contributed by atoms with Gasteiger partial charge in [-0.25, -0.2) is 4.98 Å². The summed E-state index contributed by atoms with van der Waals surface area (Å²) in [6, 6.07) is 3.94. The van der Waals surface area contributed by atoms with Crippen LogP contribution in [0.3, 0.4) is 0 Å². The van der Waals surface area contributed by atoms with Crippen molar-refractivity contribution < 1.29 is 4.52 Å². The normalized spacial score (nSPS) is 11.0. The molecule has 0 aliphatic rings. The minimum atomic E-state index is 0.588. The van der Waals surface area contributed by atoms with E-state index < -0.39 is 0 Å². The van der Waals surface area contributed by atoms with Crippen LogP contribution in [0.4, 0.5) is 5.13 Å². The van der Waals surface area contributed by atoms with E-state index in [0.29, 0.717) is 22.6 Å². The maximum absolute atomic E-state index is 5.66. The first-order valence-corrected chi connectivity index (χ1v) is 8.12. The predicted molar refractivity (Wildman–Crippen MR) is 78.4 cm³/mol. The number of anilines is 1. The second-order valence-corrected chi connectivity index (χ2v) is 6.93. The van der Waals surface area contributed by atoms with Gasteiger partial charge in [-0.3, -0.25) is 0 Å². The van der Waals surface area contributed by atoms with Gasteiger partial charge in [0.15, 0.2) is 5.13 Å². The number of nitrogens with zero attached hydrogens (tertiary/aromatic N) is 3. The van der Waals surface area contributed by atoms with Gasteiger partial charge in [-0.1, -0.05) is 22.6 Å². The van der Waals surface area contributed by atoms with E-state index in [4.69, 9.17) is 10.3 Å². The lowest BCUT2D eigenvalue weighted by atomic mass is 10.4. The first kappa shape index (κ1) is 12.6. The molecule has 19 heavy (non-hydrogen) atoms. The van der Waals surface area contributed by atoms with Crippen molar-refractivity contribution in [1.29, 1.82) is 0 Å². The Balaban J connectivity index is 1.69. The van der Waals surface area contributed by atoms with Gasteiger partial charge in [0.05, 0.1) is 20.5 Å². The van der Waals surface area contributed by atoms with Crippen molar-refractivity contribution in [1.82, 2.24) is 15.1 Å². The highest BCUT2D eigenvalue weighted by atomic mass is 32.2. The van der Waals surface area contributed by atoms with Gasteiger partial charge in [-0.2, -0.15) is 4.98 Å². The highest BCUT2D eigenvalue weighted by Crippen LogP contribution is 2.32. The van der Waals surface area contributed by atoms with Crippen molar-refractivity contribution in [2.75, 3.05) is 5.73 Å². The maximum atomic E-state index is 5.66. The van der Waals surface area contributed by atoms with Crippen molar-refractivity contribution in [3.63, 3.8) is 0 Å². The van der Waals surface area contributed by atoms with Crippen molar-refractivity contribution >= 4 is 39.6 Å². The quantitative estimate of drug-likeness (QED) is 0.744. The fourth-order valence-electron chi connectivity index (χ4n) is 1.48. The van der Waals surface area contributed by atoms with Crippen molar-refractivity contribution in [3.05, 3.63) is 29.1 Å². The molecule has 0 atom stereocenters. The van der Waals surface area contributed by atoms with Gasteiger partial charge < -0.3 is 10.3 Å². The van der Waals surface area contributed by atoms with Crippen LogP contribution < -0.4 is 5.73 Å². The van der Waals surface area contributed by atoms with Gasteiger partial charge in [-0.15, -0.1) is 23.1 Å². The summed E-state index contributed by atoms with van der Waals surface area (Å²) in [6.07, 6.45) is 0. The number of thioether (sulfide) groups is 1. The van der Waals surface area contributed by atoms with E-state index >= 15 is 0 Å². The first-order valence-electron chi connectivity index (χ1n) is 5.44. The Kier molecular flexibility index (Phi) is 3.54. The molecule has 0 saturated heterocycles. The molecule has 0 bridgehead atoms. The van der Waals surface area contributed by atoms with Crippen LogP contribution in [0.15, 0.2) is 26.2 Å². The van der Waals surface area contributed by atoms with Crippen LogP contribution in [0.25, 0.3) is 10.7 Å². The third kappa shape index (κ3) is 2.80. The zero-order valence-corrected chi connectivity index (χ0v) is 12.4. The molecule has 0 aliphatic carbocycles. The highest BCUT2D eigenvalue weighted by Gasteiger charge is 2.12. The standard InChI is InChI=1S/C11H10N4OS3/c1-6-10(19-11(12)13-6)18-5-8-14-9(15-16-8)7-3-2-4-17-7/h2-4H,5H2,1H3,(H2,12,13). The van der Waals surface area contributed by atoms with Gasteiger partial charge in [0.1, 0.15) is 0 Å².